The maximum atomic E-state index is 13.5. The number of imidazole rings is 2. The van der Waals surface area contributed by atoms with Crippen molar-refractivity contribution in [3.63, 3.8) is 0 Å². The van der Waals surface area contributed by atoms with Crippen molar-refractivity contribution in [2.75, 3.05) is 0 Å². The smallest absolute Gasteiger partial charge is 0.337 e. The van der Waals surface area contributed by atoms with Gasteiger partial charge in [-0.3, -0.25) is 5.10 Å². The Labute approximate surface area is 322 Å². The molecule has 0 radical (unpaired) electrons. The number of nitrogens with zero attached hydrogens (tertiary/aromatic N) is 6. The van der Waals surface area contributed by atoms with Crippen LogP contribution in [0.4, 0.5) is 13.2 Å². The van der Waals surface area contributed by atoms with Crippen LogP contribution in [0.15, 0.2) is 127 Å². The average Bonchev–Trinajstić information content (AvgIpc) is 4.03. The van der Waals surface area contributed by atoms with E-state index in [9.17, 15) is 18.4 Å². The van der Waals surface area contributed by atoms with Gasteiger partial charge in [-0.2, -0.15) is 28.6 Å². The molecule has 0 amide bonds. The molecule has 0 fully saturated rings. The largest absolute Gasteiger partial charge is 0.416 e. The van der Waals surface area contributed by atoms with Gasteiger partial charge in [0.15, 0.2) is 11.6 Å². The molecule has 0 saturated carbocycles. The van der Waals surface area contributed by atoms with Crippen molar-refractivity contribution in [1.82, 2.24) is 39.9 Å². The number of nitriles is 1. The van der Waals surface area contributed by atoms with E-state index in [0.29, 0.717) is 39.7 Å². The molecule has 57 heavy (non-hydrogen) atoms. The van der Waals surface area contributed by atoms with E-state index < -0.39 is 17.2 Å². The molecule has 0 bridgehead atoms. The second-order valence-electron chi connectivity index (χ2n) is 14.6. The third-order valence-electron chi connectivity index (χ3n) is 10.5. The van der Waals surface area contributed by atoms with Crippen molar-refractivity contribution in [2.45, 2.75) is 25.4 Å². The Balaban J connectivity index is 1.06. The van der Waals surface area contributed by atoms with Gasteiger partial charge in [0, 0.05) is 10.8 Å². The lowest BCUT2D eigenvalue weighted by Gasteiger charge is -2.16. The first-order valence-corrected chi connectivity index (χ1v) is 18.2. The Kier molecular flexibility index (Phi) is 7.46. The highest BCUT2D eigenvalue weighted by molar-refractivity contribution is 5.98. The number of hydrogen-bond acceptors (Lipinski definition) is 5. The minimum Gasteiger partial charge on any atom is -0.337 e. The first-order valence-electron chi connectivity index (χ1n) is 18.2. The normalized spacial score (nSPS) is 12.3. The van der Waals surface area contributed by atoms with Crippen molar-refractivity contribution in [3.8, 4) is 57.0 Å². The van der Waals surface area contributed by atoms with Crippen molar-refractivity contribution >= 4 is 43.9 Å². The maximum absolute atomic E-state index is 13.5. The molecule has 10 aromatic rings. The molecule has 0 aliphatic rings. The summed E-state index contributed by atoms with van der Waals surface area (Å²) in [5.41, 5.74) is 9.53. The summed E-state index contributed by atoms with van der Waals surface area (Å²) in [6, 6.07) is 41.1. The summed E-state index contributed by atoms with van der Waals surface area (Å²) in [5.74, 6) is 1.15. The predicted molar refractivity (Wildman–Crippen MR) is 215 cm³/mol. The van der Waals surface area contributed by atoms with Gasteiger partial charge in [0.1, 0.15) is 11.4 Å². The molecule has 4 aromatic heterocycles. The van der Waals surface area contributed by atoms with Gasteiger partial charge in [0.2, 0.25) is 0 Å². The van der Waals surface area contributed by atoms with Crippen molar-refractivity contribution < 1.29 is 13.2 Å². The molecule has 9 nitrogen and oxygen atoms in total. The third-order valence-corrected chi connectivity index (χ3v) is 10.5. The van der Waals surface area contributed by atoms with E-state index in [1.807, 2.05) is 91.3 Å². The van der Waals surface area contributed by atoms with E-state index in [1.54, 1.807) is 18.2 Å². The summed E-state index contributed by atoms with van der Waals surface area (Å²) in [5, 5.41) is 24.0. The molecule has 10 rings (SSSR count). The SMILES string of the molecule is CC(C)(C#N)c1ccc(-c2ccc3c(c2)c(-c2nc4ccccc4[nH]2)nn3-c2ccc3[nH]c(-c4n[nH]c5ccc(-c6cccc(C(F)(F)F)c6)cc45)nc3c2)cc1. The average molecular weight is 754 g/mol. The molecule has 276 valence electrons. The summed E-state index contributed by atoms with van der Waals surface area (Å²) >= 11 is 0. The van der Waals surface area contributed by atoms with Crippen LogP contribution in [0.2, 0.25) is 0 Å². The topological polar surface area (TPSA) is 128 Å². The van der Waals surface area contributed by atoms with Crippen molar-refractivity contribution in [3.05, 3.63) is 139 Å². The van der Waals surface area contributed by atoms with Crippen LogP contribution in [0.5, 0.6) is 0 Å². The molecule has 12 heteroatoms. The number of alkyl halides is 3. The highest BCUT2D eigenvalue weighted by Gasteiger charge is 2.30. The van der Waals surface area contributed by atoms with Crippen LogP contribution in [-0.4, -0.2) is 39.9 Å². The predicted octanol–water partition coefficient (Wildman–Crippen LogP) is 11.1. The van der Waals surface area contributed by atoms with Crippen LogP contribution in [0.25, 0.3) is 94.9 Å². The number of aromatic nitrogens is 8. The van der Waals surface area contributed by atoms with Gasteiger partial charge >= 0.3 is 6.18 Å². The lowest BCUT2D eigenvalue weighted by Crippen LogP contribution is -2.13. The minimum atomic E-state index is -4.45. The Hall–Kier alpha value is -7.52. The zero-order chi connectivity index (χ0) is 39.1. The standard InChI is InChI=1S/C45H30F3N9/c1-44(2,24-49)29-14-10-25(11-15-29)27-13-19-39-33(22-27)41(43-50-35-8-3-4-9-36(35)51-43)56-57(39)31-16-18-37-38(23-31)53-42(52-37)40-32-21-28(12-17-34(32)54-55-40)26-6-5-7-30(20-26)45(46,47)48/h3-23H,1-2H3,(H,50,51)(H,52,53)(H,54,55). The summed E-state index contributed by atoms with van der Waals surface area (Å²) in [6.07, 6.45) is -4.45. The number of halogens is 3. The van der Waals surface area contributed by atoms with E-state index in [2.05, 4.69) is 44.4 Å². The molecule has 0 unspecified atom stereocenters. The third kappa shape index (κ3) is 5.79. The molecule has 4 heterocycles. The number of para-hydroxylation sites is 2. The van der Waals surface area contributed by atoms with E-state index in [-0.39, 0.29) is 0 Å². The molecule has 0 spiro atoms. The monoisotopic (exact) mass is 753 g/mol. The second kappa shape index (κ2) is 12.5. The summed E-state index contributed by atoms with van der Waals surface area (Å²) in [4.78, 5) is 16.7. The van der Waals surface area contributed by atoms with E-state index in [1.165, 1.54) is 6.07 Å². The Morgan fingerprint density at radius 1 is 0.596 bits per heavy atom. The van der Waals surface area contributed by atoms with Crippen LogP contribution < -0.4 is 0 Å². The van der Waals surface area contributed by atoms with Crippen LogP contribution in [0.3, 0.4) is 0 Å². The molecular formula is C45H30F3N9. The van der Waals surface area contributed by atoms with Gasteiger partial charge in [-0.15, -0.1) is 0 Å². The number of fused-ring (bicyclic) bond motifs is 4. The molecule has 3 N–H and O–H groups in total. The first kappa shape index (κ1) is 34.0. The van der Waals surface area contributed by atoms with Crippen LogP contribution >= 0.6 is 0 Å². The van der Waals surface area contributed by atoms with E-state index in [0.717, 1.165) is 72.9 Å². The van der Waals surface area contributed by atoms with Gasteiger partial charge in [0.05, 0.1) is 55.8 Å². The number of H-pyrrole nitrogens is 3. The van der Waals surface area contributed by atoms with Gasteiger partial charge in [-0.05, 0) is 108 Å². The number of aromatic amines is 3. The highest BCUT2D eigenvalue weighted by Crippen LogP contribution is 2.37. The molecule has 6 aromatic carbocycles. The van der Waals surface area contributed by atoms with E-state index >= 15 is 0 Å². The summed E-state index contributed by atoms with van der Waals surface area (Å²) in [6.45, 7) is 3.82. The molecule has 0 saturated heterocycles. The number of nitrogens with one attached hydrogen (secondary N) is 3. The zero-order valence-corrected chi connectivity index (χ0v) is 30.4. The number of hydrogen-bond donors (Lipinski definition) is 3. The zero-order valence-electron chi connectivity index (χ0n) is 30.4. The van der Waals surface area contributed by atoms with Crippen molar-refractivity contribution in [2.24, 2.45) is 0 Å². The second-order valence-corrected chi connectivity index (χ2v) is 14.6. The number of benzene rings is 6. The van der Waals surface area contributed by atoms with Crippen LogP contribution in [0, 0.1) is 11.3 Å². The van der Waals surface area contributed by atoms with Gasteiger partial charge in [0.25, 0.3) is 0 Å². The molecule has 0 aliphatic heterocycles. The fourth-order valence-corrected chi connectivity index (χ4v) is 7.37. The summed E-state index contributed by atoms with van der Waals surface area (Å²) < 4.78 is 42.4. The maximum Gasteiger partial charge on any atom is 0.416 e. The Morgan fingerprint density at radius 3 is 2.05 bits per heavy atom. The van der Waals surface area contributed by atoms with Crippen molar-refractivity contribution in [1.29, 1.82) is 5.26 Å². The molecule has 0 atom stereocenters. The van der Waals surface area contributed by atoms with Gasteiger partial charge in [-0.1, -0.05) is 60.7 Å². The first-order chi connectivity index (χ1) is 27.5. The highest BCUT2D eigenvalue weighted by atomic mass is 19.4. The Morgan fingerprint density at radius 2 is 1.26 bits per heavy atom. The fraction of sp³-hybridized carbons (Fsp3) is 0.0889. The van der Waals surface area contributed by atoms with Gasteiger partial charge < -0.3 is 9.97 Å². The van der Waals surface area contributed by atoms with Crippen LogP contribution in [-0.2, 0) is 11.6 Å². The number of rotatable bonds is 6. The lowest BCUT2D eigenvalue weighted by atomic mass is 9.85. The quantitative estimate of drug-likeness (QED) is 0.156. The Bertz CT molecular complexity index is 3190. The van der Waals surface area contributed by atoms with Gasteiger partial charge in [-0.25, -0.2) is 14.6 Å². The van der Waals surface area contributed by atoms with E-state index in [4.69, 9.17) is 15.1 Å². The minimum absolute atomic E-state index is 0.450. The summed E-state index contributed by atoms with van der Waals surface area (Å²) in [7, 11) is 0. The molecule has 0 aliphatic carbocycles. The van der Waals surface area contributed by atoms with Crippen LogP contribution in [0.1, 0.15) is 25.0 Å². The lowest BCUT2D eigenvalue weighted by molar-refractivity contribution is -0.137. The molecular weight excluding hydrogens is 724 g/mol. The fourth-order valence-electron chi connectivity index (χ4n) is 7.37.